The Hall–Kier alpha value is -0.240. The van der Waals surface area contributed by atoms with Crippen molar-refractivity contribution in [2.45, 2.75) is 43.5 Å². The van der Waals surface area contributed by atoms with Gasteiger partial charge in [-0.3, -0.25) is 0 Å². The Labute approximate surface area is 120 Å². The van der Waals surface area contributed by atoms with Gasteiger partial charge in [-0.15, -0.1) is 0 Å². The van der Waals surface area contributed by atoms with Crippen LogP contribution in [0.4, 0.5) is 0 Å². The van der Waals surface area contributed by atoms with Crippen LogP contribution < -0.4 is 5.32 Å². The van der Waals surface area contributed by atoms with Crippen LogP contribution in [-0.4, -0.2) is 74.1 Å². The lowest BCUT2D eigenvalue weighted by atomic mass is 9.94. The van der Waals surface area contributed by atoms with E-state index in [0.717, 1.165) is 19.4 Å². The first kappa shape index (κ1) is 16.1. The summed E-state index contributed by atoms with van der Waals surface area (Å²) in [6.45, 7) is 3.79. The van der Waals surface area contributed by atoms with E-state index in [1.165, 1.54) is 0 Å². The molecule has 0 aromatic rings. The van der Waals surface area contributed by atoms with Gasteiger partial charge in [-0.05, 0) is 12.8 Å². The average molecular weight is 289 g/mol. The number of rotatable bonds is 8. The number of aliphatic hydroxyl groups excluding tert-OH is 1. The van der Waals surface area contributed by atoms with Crippen molar-refractivity contribution in [2.24, 2.45) is 0 Å². The van der Waals surface area contributed by atoms with Crippen LogP contribution in [0.5, 0.6) is 0 Å². The minimum Gasteiger partial charge on any atom is -0.389 e. The molecule has 0 radical (unpaired) electrons. The lowest BCUT2D eigenvalue weighted by Crippen LogP contribution is -2.47. The van der Waals surface area contributed by atoms with Gasteiger partial charge in [0.2, 0.25) is 0 Å². The number of nitrogens with one attached hydrogen (secondary N) is 1. The summed E-state index contributed by atoms with van der Waals surface area (Å²) in [6.07, 6.45) is 3.07. The zero-order valence-electron chi connectivity index (χ0n) is 12.1. The van der Waals surface area contributed by atoms with Gasteiger partial charge in [-0.1, -0.05) is 0 Å². The van der Waals surface area contributed by atoms with Crippen molar-refractivity contribution in [1.82, 2.24) is 5.32 Å². The van der Waals surface area contributed by atoms with Crippen molar-refractivity contribution in [3.05, 3.63) is 0 Å². The fraction of sp³-hybridized carbons (Fsp3) is 1.00. The molecule has 20 heavy (non-hydrogen) atoms. The van der Waals surface area contributed by atoms with Crippen molar-refractivity contribution in [3.63, 3.8) is 0 Å². The minimum atomic E-state index is -0.698. The Bertz CT molecular complexity index is 264. The first-order valence-corrected chi connectivity index (χ1v) is 7.56. The molecule has 0 aromatic carbocycles. The average Bonchev–Trinajstić information content (AvgIpc) is 2.92. The van der Waals surface area contributed by atoms with Crippen molar-refractivity contribution >= 4 is 0 Å². The highest BCUT2D eigenvalue weighted by atomic mass is 16.5. The van der Waals surface area contributed by atoms with Gasteiger partial charge < -0.3 is 29.7 Å². The molecule has 0 spiro atoms. The van der Waals surface area contributed by atoms with E-state index in [-0.39, 0.29) is 6.10 Å². The molecule has 6 heteroatoms. The molecule has 6 nitrogen and oxygen atoms in total. The van der Waals surface area contributed by atoms with Crippen LogP contribution in [-0.2, 0) is 14.2 Å². The van der Waals surface area contributed by atoms with E-state index in [1.54, 1.807) is 0 Å². The monoisotopic (exact) mass is 289 g/mol. The third-order valence-electron chi connectivity index (χ3n) is 3.90. The van der Waals surface area contributed by atoms with Crippen LogP contribution in [0.1, 0.15) is 25.7 Å². The Balaban J connectivity index is 1.49. The van der Waals surface area contributed by atoms with Gasteiger partial charge in [-0.2, -0.15) is 0 Å². The highest BCUT2D eigenvalue weighted by Crippen LogP contribution is 2.19. The summed E-state index contributed by atoms with van der Waals surface area (Å²) in [4.78, 5) is 0. The van der Waals surface area contributed by atoms with Gasteiger partial charge in [0, 0.05) is 45.8 Å². The van der Waals surface area contributed by atoms with Crippen molar-refractivity contribution in [2.75, 3.05) is 46.1 Å². The van der Waals surface area contributed by atoms with Crippen LogP contribution in [0.25, 0.3) is 0 Å². The van der Waals surface area contributed by atoms with Gasteiger partial charge in [-0.25, -0.2) is 0 Å². The van der Waals surface area contributed by atoms with Crippen LogP contribution in [0.2, 0.25) is 0 Å². The van der Waals surface area contributed by atoms with Crippen LogP contribution in [0.15, 0.2) is 0 Å². The normalized spacial score (nSPS) is 27.6. The summed E-state index contributed by atoms with van der Waals surface area (Å²) in [7, 11) is 0. The molecule has 2 rings (SSSR count). The zero-order valence-corrected chi connectivity index (χ0v) is 12.1. The molecule has 0 saturated carbocycles. The molecule has 2 heterocycles. The fourth-order valence-electron chi connectivity index (χ4n) is 2.57. The lowest BCUT2D eigenvalue weighted by molar-refractivity contribution is -0.0637. The minimum absolute atomic E-state index is 0.193. The molecule has 2 saturated heterocycles. The zero-order chi connectivity index (χ0) is 14.3. The van der Waals surface area contributed by atoms with E-state index >= 15 is 0 Å². The molecule has 2 aliphatic rings. The highest BCUT2D eigenvalue weighted by Gasteiger charge is 2.29. The molecular weight excluding hydrogens is 262 g/mol. The Morgan fingerprint density at radius 3 is 2.80 bits per heavy atom. The number of aliphatic hydroxyl groups is 2. The molecule has 2 unspecified atom stereocenters. The van der Waals surface area contributed by atoms with E-state index in [1.807, 2.05) is 0 Å². The van der Waals surface area contributed by atoms with Crippen LogP contribution >= 0.6 is 0 Å². The summed E-state index contributed by atoms with van der Waals surface area (Å²) in [5.41, 5.74) is -0.698. The molecule has 2 aliphatic heterocycles. The maximum Gasteiger partial charge on any atom is 0.0897 e. The molecule has 2 atom stereocenters. The second-order valence-corrected chi connectivity index (χ2v) is 5.79. The van der Waals surface area contributed by atoms with E-state index in [2.05, 4.69) is 5.32 Å². The Morgan fingerprint density at radius 2 is 2.10 bits per heavy atom. The first-order valence-electron chi connectivity index (χ1n) is 7.56. The highest BCUT2D eigenvalue weighted by molar-refractivity contribution is 4.83. The molecule has 0 aliphatic carbocycles. The number of hydrogen-bond acceptors (Lipinski definition) is 6. The van der Waals surface area contributed by atoms with Gasteiger partial charge in [0.25, 0.3) is 0 Å². The molecule has 0 bridgehead atoms. The number of ether oxygens (including phenoxy) is 3. The standard InChI is InChI=1S/C14H27NO5/c16-12(9-19-10-13-2-1-5-20-13)8-15-11-14(17)3-6-18-7-4-14/h12-13,15-17H,1-11H2. The Morgan fingerprint density at radius 1 is 1.30 bits per heavy atom. The van der Waals surface area contributed by atoms with Crippen LogP contribution in [0, 0.1) is 0 Å². The molecule has 2 fully saturated rings. The second kappa shape index (κ2) is 8.26. The Kier molecular flexibility index (Phi) is 6.67. The summed E-state index contributed by atoms with van der Waals surface area (Å²) < 4.78 is 16.1. The summed E-state index contributed by atoms with van der Waals surface area (Å²) in [5.74, 6) is 0. The fourth-order valence-corrected chi connectivity index (χ4v) is 2.57. The van der Waals surface area contributed by atoms with Crippen molar-refractivity contribution < 1.29 is 24.4 Å². The third-order valence-corrected chi connectivity index (χ3v) is 3.90. The maximum atomic E-state index is 10.2. The van der Waals surface area contributed by atoms with E-state index in [0.29, 0.717) is 52.4 Å². The lowest BCUT2D eigenvalue weighted by Gasteiger charge is -2.32. The molecule has 0 amide bonds. The molecule has 118 valence electrons. The van der Waals surface area contributed by atoms with Gasteiger partial charge in [0.05, 0.1) is 31.0 Å². The maximum absolute atomic E-state index is 10.2. The number of hydrogen-bond donors (Lipinski definition) is 3. The van der Waals surface area contributed by atoms with Crippen molar-refractivity contribution in [1.29, 1.82) is 0 Å². The van der Waals surface area contributed by atoms with E-state index < -0.39 is 11.7 Å². The quantitative estimate of drug-likeness (QED) is 0.568. The SMILES string of the molecule is OC(CNCC1(O)CCOCC1)COCC1CCCO1. The van der Waals surface area contributed by atoms with Crippen LogP contribution in [0.3, 0.4) is 0 Å². The topological polar surface area (TPSA) is 80.2 Å². The third kappa shape index (κ3) is 5.63. The first-order chi connectivity index (χ1) is 9.68. The molecular formula is C14H27NO5. The smallest absolute Gasteiger partial charge is 0.0897 e. The summed E-state index contributed by atoms with van der Waals surface area (Å²) in [6, 6.07) is 0. The van der Waals surface area contributed by atoms with E-state index in [9.17, 15) is 10.2 Å². The summed E-state index contributed by atoms with van der Waals surface area (Å²) >= 11 is 0. The van der Waals surface area contributed by atoms with Gasteiger partial charge >= 0.3 is 0 Å². The largest absolute Gasteiger partial charge is 0.389 e. The predicted octanol–water partition coefficient (Wildman–Crippen LogP) is -0.326. The molecule has 3 N–H and O–H groups in total. The van der Waals surface area contributed by atoms with Crippen molar-refractivity contribution in [3.8, 4) is 0 Å². The predicted molar refractivity (Wildman–Crippen MR) is 73.7 cm³/mol. The second-order valence-electron chi connectivity index (χ2n) is 5.79. The van der Waals surface area contributed by atoms with Gasteiger partial charge in [0.15, 0.2) is 0 Å². The van der Waals surface area contributed by atoms with Gasteiger partial charge in [0.1, 0.15) is 0 Å². The van der Waals surface area contributed by atoms with E-state index in [4.69, 9.17) is 14.2 Å². The molecule has 0 aromatic heterocycles. The summed E-state index contributed by atoms with van der Waals surface area (Å²) in [5, 5.41) is 23.1.